The topological polar surface area (TPSA) is 64.7 Å². The molecule has 3 amide bonds. The number of rotatable bonds is 6. The minimum absolute atomic E-state index is 0.102. The number of nitrogens with one attached hydrogen (secondary N) is 2. The number of hydrogen-bond acceptors (Lipinski definition) is 3. The molecule has 0 spiro atoms. The number of amides is 3. The van der Waals surface area contributed by atoms with E-state index in [4.69, 9.17) is 11.6 Å². The lowest BCUT2D eigenvalue weighted by Crippen LogP contribution is -2.49. The third kappa shape index (κ3) is 6.53. The van der Waals surface area contributed by atoms with Crippen molar-refractivity contribution in [2.75, 3.05) is 37.6 Å². The highest BCUT2D eigenvalue weighted by Gasteiger charge is 2.22. The Balaban J connectivity index is 1.32. The van der Waals surface area contributed by atoms with Crippen LogP contribution >= 0.6 is 11.6 Å². The maximum absolute atomic E-state index is 12.5. The number of carbonyl (C=O) groups excluding carboxylic acids is 2. The van der Waals surface area contributed by atoms with Crippen molar-refractivity contribution in [3.05, 3.63) is 28.8 Å². The molecule has 0 aromatic heterocycles. The van der Waals surface area contributed by atoms with E-state index in [1.165, 1.54) is 24.8 Å². The maximum Gasteiger partial charge on any atom is 0.315 e. The highest BCUT2D eigenvalue weighted by atomic mass is 35.5. The van der Waals surface area contributed by atoms with Crippen LogP contribution in [-0.2, 0) is 4.79 Å². The number of aryl methyl sites for hydroxylation is 1. The molecule has 29 heavy (non-hydrogen) atoms. The van der Waals surface area contributed by atoms with Gasteiger partial charge in [0.1, 0.15) is 0 Å². The van der Waals surface area contributed by atoms with E-state index in [0.717, 1.165) is 49.7 Å². The first-order chi connectivity index (χ1) is 14.0. The lowest BCUT2D eigenvalue weighted by molar-refractivity contribution is -0.131. The van der Waals surface area contributed by atoms with Crippen molar-refractivity contribution < 1.29 is 9.59 Å². The summed E-state index contributed by atoms with van der Waals surface area (Å²) in [6, 6.07) is 6.15. The fourth-order valence-electron chi connectivity index (χ4n) is 4.20. The molecule has 1 saturated heterocycles. The quantitative estimate of drug-likeness (QED) is 0.689. The standard InChI is InChI=1S/C22H33ClN4O2/c1-17-9-10-18(23)16-20(17)26-12-14-27(15-13-26)21(28)8-5-11-24-22(29)25-19-6-3-2-4-7-19/h9-10,16,19H,2-8,11-15H2,1H3,(H2,24,25,29). The number of carbonyl (C=O) groups is 2. The Kier molecular flexibility index (Phi) is 8.04. The maximum atomic E-state index is 12.5. The zero-order chi connectivity index (χ0) is 20.6. The van der Waals surface area contributed by atoms with Gasteiger partial charge in [0, 0.05) is 55.9 Å². The molecule has 7 heteroatoms. The molecule has 1 aromatic rings. The lowest BCUT2D eigenvalue weighted by atomic mass is 9.96. The van der Waals surface area contributed by atoms with E-state index in [-0.39, 0.29) is 11.9 Å². The molecular formula is C22H33ClN4O2. The summed E-state index contributed by atoms with van der Waals surface area (Å²) in [7, 11) is 0. The minimum atomic E-state index is -0.102. The summed E-state index contributed by atoms with van der Waals surface area (Å²) in [6.45, 7) is 5.69. The summed E-state index contributed by atoms with van der Waals surface area (Å²) >= 11 is 6.14. The van der Waals surface area contributed by atoms with Crippen molar-refractivity contribution in [1.82, 2.24) is 15.5 Å². The van der Waals surface area contributed by atoms with Crippen molar-refractivity contribution >= 4 is 29.2 Å². The average molecular weight is 421 g/mol. The van der Waals surface area contributed by atoms with E-state index in [1.807, 2.05) is 23.1 Å². The van der Waals surface area contributed by atoms with Crippen LogP contribution in [0.5, 0.6) is 0 Å². The Hall–Kier alpha value is -1.95. The minimum Gasteiger partial charge on any atom is -0.368 e. The van der Waals surface area contributed by atoms with Crippen molar-refractivity contribution in [2.24, 2.45) is 0 Å². The molecule has 0 unspecified atom stereocenters. The van der Waals surface area contributed by atoms with Gasteiger partial charge < -0.3 is 20.4 Å². The smallest absolute Gasteiger partial charge is 0.315 e. The first-order valence-electron chi connectivity index (χ1n) is 10.9. The third-order valence-electron chi connectivity index (χ3n) is 5.94. The monoisotopic (exact) mass is 420 g/mol. The van der Waals surface area contributed by atoms with Crippen LogP contribution in [0.15, 0.2) is 18.2 Å². The first kappa shape index (κ1) is 21.8. The Labute approximate surface area is 179 Å². The van der Waals surface area contributed by atoms with E-state index < -0.39 is 0 Å². The van der Waals surface area contributed by atoms with E-state index in [2.05, 4.69) is 22.5 Å². The molecule has 2 fully saturated rings. The fraction of sp³-hybridized carbons (Fsp3) is 0.636. The molecule has 1 heterocycles. The van der Waals surface area contributed by atoms with Crippen molar-refractivity contribution in [1.29, 1.82) is 0 Å². The molecule has 1 aliphatic heterocycles. The molecule has 160 valence electrons. The van der Waals surface area contributed by atoms with Crippen LogP contribution in [0, 0.1) is 6.92 Å². The van der Waals surface area contributed by atoms with Crippen LogP contribution in [0.4, 0.5) is 10.5 Å². The van der Waals surface area contributed by atoms with Gasteiger partial charge in [0.2, 0.25) is 5.91 Å². The third-order valence-corrected chi connectivity index (χ3v) is 6.17. The fourth-order valence-corrected chi connectivity index (χ4v) is 4.37. The van der Waals surface area contributed by atoms with Crippen LogP contribution in [0.2, 0.25) is 5.02 Å². The number of anilines is 1. The van der Waals surface area contributed by atoms with Gasteiger partial charge in [-0.25, -0.2) is 4.79 Å². The van der Waals surface area contributed by atoms with E-state index in [1.54, 1.807) is 0 Å². The Bertz CT molecular complexity index is 698. The van der Waals surface area contributed by atoms with Gasteiger partial charge in [0.25, 0.3) is 0 Å². The van der Waals surface area contributed by atoms with Gasteiger partial charge in [-0.05, 0) is 43.9 Å². The molecule has 0 atom stereocenters. The van der Waals surface area contributed by atoms with Gasteiger partial charge in [-0.15, -0.1) is 0 Å². The Morgan fingerprint density at radius 3 is 2.55 bits per heavy atom. The van der Waals surface area contributed by atoms with Crippen molar-refractivity contribution in [2.45, 2.75) is 57.9 Å². The highest BCUT2D eigenvalue weighted by molar-refractivity contribution is 6.30. The molecule has 0 bridgehead atoms. The average Bonchev–Trinajstić information content (AvgIpc) is 2.73. The Morgan fingerprint density at radius 1 is 1.10 bits per heavy atom. The Morgan fingerprint density at radius 2 is 1.83 bits per heavy atom. The highest BCUT2D eigenvalue weighted by Crippen LogP contribution is 2.25. The SMILES string of the molecule is Cc1ccc(Cl)cc1N1CCN(C(=O)CCCNC(=O)NC2CCCCC2)CC1. The van der Waals surface area contributed by atoms with Crippen LogP contribution in [0.25, 0.3) is 0 Å². The van der Waals surface area contributed by atoms with E-state index in [0.29, 0.717) is 25.4 Å². The molecule has 1 aliphatic carbocycles. The van der Waals surface area contributed by atoms with Gasteiger partial charge in [0.15, 0.2) is 0 Å². The molecular weight excluding hydrogens is 388 g/mol. The second kappa shape index (κ2) is 10.7. The predicted octanol–water partition coefficient (Wildman–Crippen LogP) is 3.71. The summed E-state index contributed by atoms with van der Waals surface area (Å²) in [5.41, 5.74) is 2.35. The normalized spacial score (nSPS) is 17.9. The van der Waals surface area contributed by atoms with Crippen molar-refractivity contribution in [3.63, 3.8) is 0 Å². The first-order valence-corrected chi connectivity index (χ1v) is 11.2. The summed E-state index contributed by atoms with van der Waals surface area (Å²) in [4.78, 5) is 28.7. The number of hydrogen-bond donors (Lipinski definition) is 2. The molecule has 0 radical (unpaired) electrons. The van der Waals surface area contributed by atoms with Gasteiger partial charge >= 0.3 is 6.03 Å². The van der Waals surface area contributed by atoms with Gasteiger partial charge in [-0.2, -0.15) is 0 Å². The number of piperazine rings is 1. The number of halogens is 1. The van der Waals surface area contributed by atoms with Crippen LogP contribution < -0.4 is 15.5 Å². The van der Waals surface area contributed by atoms with Gasteiger partial charge in [-0.1, -0.05) is 36.9 Å². The van der Waals surface area contributed by atoms with Crippen LogP contribution in [0.1, 0.15) is 50.5 Å². The molecule has 1 saturated carbocycles. The van der Waals surface area contributed by atoms with Crippen molar-refractivity contribution in [3.8, 4) is 0 Å². The molecule has 1 aromatic carbocycles. The zero-order valence-electron chi connectivity index (χ0n) is 17.4. The molecule has 2 N–H and O–H groups in total. The number of nitrogens with zero attached hydrogens (tertiary/aromatic N) is 2. The molecule has 2 aliphatic rings. The number of benzene rings is 1. The summed E-state index contributed by atoms with van der Waals surface area (Å²) in [5.74, 6) is 0.168. The summed E-state index contributed by atoms with van der Waals surface area (Å²) in [6.07, 6.45) is 6.96. The van der Waals surface area contributed by atoms with Gasteiger partial charge in [0.05, 0.1) is 0 Å². The zero-order valence-corrected chi connectivity index (χ0v) is 18.1. The summed E-state index contributed by atoms with van der Waals surface area (Å²) < 4.78 is 0. The van der Waals surface area contributed by atoms with E-state index in [9.17, 15) is 9.59 Å². The second-order valence-corrected chi connectivity index (χ2v) is 8.57. The largest absolute Gasteiger partial charge is 0.368 e. The predicted molar refractivity (Wildman–Crippen MR) is 118 cm³/mol. The van der Waals surface area contributed by atoms with Crippen LogP contribution in [0.3, 0.4) is 0 Å². The van der Waals surface area contributed by atoms with Gasteiger partial charge in [-0.3, -0.25) is 4.79 Å². The molecule has 3 rings (SSSR count). The molecule has 6 nitrogen and oxygen atoms in total. The number of urea groups is 1. The second-order valence-electron chi connectivity index (χ2n) is 8.14. The summed E-state index contributed by atoms with van der Waals surface area (Å²) in [5, 5.41) is 6.67. The van der Waals surface area contributed by atoms with Crippen LogP contribution in [-0.4, -0.2) is 55.6 Å². The lowest BCUT2D eigenvalue weighted by Gasteiger charge is -2.37. The van der Waals surface area contributed by atoms with E-state index >= 15 is 0 Å².